The van der Waals surface area contributed by atoms with E-state index in [-0.39, 0.29) is 5.69 Å². The molecule has 132 valence electrons. The van der Waals surface area contributed by atoms with Crippen molar-refractivity contribution in [1.82, 2.24) is 14.8 Å². The summed E-state index contributed by atoms with van der Waals surface area (Å²) in [6.45, 7) is 1.31. The number of aromatic nitrogens is 3. The summed E-state index contributed by atoms with van der Waals surface area (Å²) in [5.74, 6) is -1.20. The van der Waals surface area contributed by atoms with E-state index in [4.69, 9.17) is 0 Å². The van der Waals surface area contributed by atoms with Crippen molar-refractivity contribution in [3.63, 3.8) is 0 Å². The van der Waals surface area contributed by atoms with Gasteiger partial charge in [0.05, 0.1) is 5.69 Å². The highest BCUT2D eigenvalue weighted by Crippen LogP contribution is 2.29. The molecule has 0 bridgehead atoms. The lowest BCUT2D eigenvalue weighted by atomic mass is 10.3. The molecule has 2 aromatic heterocycles. The Kier molecular flexibility index (Phi) is 4.24. The van der Waals surface area contributed by atoms with Crippen LogP contribution in [0.5, 0.6) is 0 Å². The lowest BCUT2D eigenvalue weighted by Crippen LogP contribution is -2.30. The smallest absolute Gasteiger partial charge is 0.260 e. The number of nitrogens with zero attached hydrogens (tertiary/aromatic N) is 3. The van der Waals surface area contributed by atoms with E-state index in [2.05, 4.69) is 10.1 Å². The molecular weight excluding hydrogens is 366 g/mol. The first-order valence-corrected chi connectivity index (χ1v) is 7.50. The van der Waals surface area contributed by atoms with Gasteiger partial charge in [0.1, 0.15) is 11.5 Å². The van der Waals surface area contributed by atoms with Crippen LogP contribution in [-0.2, 0) is 16.2 Å². The van der Waals surface area contributed by atoms with Crippen LogP contribution in [0.15, 0.2) is 24.3 Å². The molecule has 0 aliphatic heterocycles. The molecular formula is C11H8F6N4O2S. The fraction of sp³-hybridized carbons (Fsp3) is 0.273. The summed E-state index contributed by atoms with van der Waals surface area (Å²) in [5, 5.41) is 3.66. The number of hydrogen-bond donors (Lipinski definition) is 1. The zero-order chi connectivity index (χ0) is 18.3. The maximum atomic E-state index is 12.7. The van der Waals surface area contributed by atoms with E-state index in [9.17, 15) is 34.8 Å². The Morgan fingerprint density at radius 2 is 1.75 bits per heavy atom. The van der Waals surface area contributed by atoms with Crippen LogP contribution in [-0.4, -0.2) is 28.7 Å². The number of rotatable bonds is 3. The third kappa shape index (κ3) is 3.60. The van der Waals surface area contributed by atoms with Gasteiger partial charge in [-0.1, -0.05) is 6.07 Å². The molecule has 0 saturated carbocycles. The molecule has 0 radical (unpaired) electrons. The van der Waals surface area contributed by atoms with Crippen LogP contribution in [0.1, 0.15) is 11.4 Å². The molecule has 0 aliphatic carbocycles. The Hall–Kier alpha value is -2.31. The number of anilines is 1. The van der Waals surface area contributed by atoms with Crippen molar-refractivity contribution in [3.8, 4) is 5.82 Å². The molecule has 0 unspecified atom stereocenters. The van der Waals surface area contributed by atoms with E-state index in [0.29, 0.717) is 10.7 Å². The van der Waals surface area contributed by atoms with Gasteiger partial charge in [-0.3, -0.25) is 4.72 Å². The first kappa shape index (κ1) is 18.0. The van der Waals surface area contributed by atoms with E-state index in [1.54, 1.807) is 0 Å². The van der Waals surface area contributed by atoms with Gasteiger partial charge in [0.2, 0.25) is 0 Å². The van der Waals surface area contributed by atoms with Gasteiger partial charge in [0.25, 0.3) is 0 Å². The number of sulfonamides is 1. The van der Waals surface area contributed by atoms with Crippen LogP contribution >= 0.6 is 0 Å². The molecule has 24 heavy (non-hydrogen) atoms. The van der Waals surface area contributed by atoms with E-state index in [1.807, 2.05) is 0 Å². The molecule has 2 heterocycles. The minimum atomic E-state index is -5.77. The van der Waals surface area contributed by atoms with Gasteiger partial charge in [-0.05, 0) is 19.1 Å². The number of pyridine rings is 1. The summed E-state index contributed by atoms with van der Waals surface area (Å²) in [6.07, 6.45) is -4.79. The average molecular weight is 374 g/mol. The second-order valence-corrected chi connectivity index (χ2v) is 6.19. The molecule has 0 aromatic carbocycles. The Bertz CT molecular complexity index is 856. The van der Waals surface area contributed by atoms with Crippen LogP contribution in [0.2, 0.25) is 0 Å². The first-order valence-electron chi connectivity index (χ1n) is 6.01. The fourth-order valence-corrected chi connectivity index (χ4v) is 2.18. The molecule has 1 N–H and O–H groups in total. The zero-order valence-corrected chi connectivity index (χ0v) is 12.5. The van der Waals surface area contributed by atoms with Crippen molar-refractivity contribution in [3.05, 3.63) is 35.7 Å². The molecule has 6 nitrogen and oxygen atoms in total. The Morgan fingerprint density at radius 1 is 1.12 bits per heavy atom. The number of alkyl halides is 6. The molecule has 0 aliphatic rings. The number of hydrogen-bond acceptors (Lipinski definition) is 4. The summed E-state index contributed by atoms with van der Waals surface area (Å²) in [5.41, 5.74) is -6.84. The fourth-order valence-electron chi connectivity index (χ4n) is 1.64. The first-order chi connectivity index (χ1) is 10.8. The summed E-state index contributed by atoms with van der Waals surface area (Å²) in [6, 6.07) is 3.57. The van der Waals surface area contributed by atoms with Gasteiger partial charge >= 0.3 is 21.7 Å². The Morgan fingerprint density at radius 3 is 2.29 bits per heavy atom. The van der Waals surface area contributed by atoms with Gasteiger partial charge < -0.3 is 0 Å². The quantitative estimate of drug-likeness (QED) is 0.839. The van der Waals surface area contributed by atoms with Crippen LogP contribution in [0.3, 0.4) is 0 Å². The van der Waals surface area contributed by atoms with E-state index in [1.165, 1.54) is 11.6 Å². The highest BCUT2D eigenvalue weighted by Gasteiger charge is 2.46. The Balaban J connectivity index is 2.51. The van der Waals surface area contributed by atoms with Crippen molar-refractivity contribution in [2.45, 2.75) is 18.6 Å². The third-order valence-electron chi connectivity index (χ3n) is 2.62. The topological polar surface area (TPSA) is 76.9 Å². The molecule has 0 fully saturated rings. The van der Waals surface area contributed by atoms with Gasteiger partial charge in [0.15, 0.2) is 5.82 Å². The summed E-state index contributed by atoms with van der Waals surface area (Å²) in [4.78, 5) is 3.24. The van der Waals surface area contributed by atoms with Crippen LogP contribution in [0.4, 0.5) is 32.2 Å². The maximum Gasteiger partial charge on any atom is 0.516 e. The minimum Gasteiger partial charge on any atom is -0.260 e. The second-order valence-electron chi connectivity index (χ2n) is 4.51. The molecule has 0 amide bonds. The number of nitrogens with one attached hydrogen (secondary N) is 1. The molecule has 2 rings (SSSR count). The number of halogens is 6. The zero-order valence-electron chi connectivity index (χ0n) is 11.6. The van der Waals surface area contributed by atoms with Gasteiger partial charge in [0, 0.05) is 6.07 Å². The van der Waals surface area contributed by atoms with Gasteiger partial charge in [-0.25, -0.2) is 4.98 Å². The monoisotopic (exact) mass is 374 g/mol. The van der Waals surface area contributed by atoms with Gasteiger partial charge in [-0.2, -0.15) is 44.5 Å². The predicted octanol–water partition coefficient (Wildman–Crippen LogP) is 2.86. The van der Waals surface area contributed by atoms with E-state index in [0.717, 1.165) is 18.2 Å². The predicted molar refractivity (Wildman–Crippen MR) is 69.7 cm³/mol. The van der Waals surface area contributed by atoms with Crippen molar-refractivity contribution >= 4 is 15.8 Å². The van der Waals surface area contributed by atoms with Crippen molar-refractivity contribution in [2.24, 2.45) is 0 Å². The summed E-state index contributed by atoms with van der Waals surface area (Å²) >= 11 is 0. The highest BCUT2D eigenvalue weighted by molar-refractivity contribution is 7.93. The van der Waals surface area contributed by atoms with Crippen molar-refractivity contribution in [1.29, 1.82) is 0 Å². The largest absolute Gasteiger partial charge is 0.516 e. The van der Waals surface area contributed by atoms with Crippen molar-refractivity contribution in [2.75, 3.05) is 4.72 Å². The standard InChI is InChI=1S/C11H8F6N4O2S/c1-6-5-9(20-24(22,23)11(15,16)17)21(19-6)8-4-2-3-7(18-8)10(12,13)14/h2-5,20H,1H3. The van der Waals surface area contributed by atoms with E-state index >= 15 is 0 Å². The van der Waals surface area contributed by atoms with Gasteiger partial charge in [-0.15, -0.1) is 0 Å². The lowest BCUT2D eigenvalue weighted by molar-refractivity contribution is -0.141. The molecule has 0 saturated heterocycles. The second kappa shape index (κ2) is 5.65. The summed E-state index contributed by atoms with van der Waals surface area (Å²) in [7, 11) is -5.77. The average Bonchev–Trinajstić information content (AvgIpc) is 2.76. The molecule has 13 heteroatoms. The Labute approximate surface area is 131 Å². The molecule has 0 atom stereocenters. The van der Waals surface area contributed by atoms with E-state index < -0.39 is 39.0 Å². The minimum absolute atomic E-state index is 0.0640. The third-order valence-corrected chi connectivity index (χ3v) is 3.70. The van der Waals surface area contributed by atoms with Crippen molar-refractivity contribution < 1.29 is 34.8 Å². The SMILES string of the molecule is Cc1cc(NS(=O)(=O)C(F)(F)F)n(-c2cccc(C(F)(F)F)n2)n1. The maximum absolute atomic E-state index is 12.7. The van der Waals surface area contributed by atoms with Crippen LogP contribution < -0.4 is 4.72 Å². The molecule has 0 spiro atoms. The number of aryl methyl sites for hydroxylation is 1. The summed E-state index contributed by atoms with van der Waals surface area (Å²) < 4.78 is 99.4. The molecule has 2 aromatic rings. The normalized spacial score (nSPS) is 13.1. The lowest BCUT2D eigenvalue weighted by Gasteiger charge is -2.12. The highest BCUT2D eigenvalue weighted by atomic mass is 32.2. The van der Waals surface area contributed by atoms with Crippen LogP contribution in [0.25, 0.3) is 5.82 Å². The van der Waals surface area contributed by atoms with Crippen LogP contribution in [0, 0.1) is 6.92 Å².